The van der Waals surface area contributed by atoms with Gasteiger partial charge in [-0.15, -0.1) is 11.3 Å². The van der Waals surface area contributed by atoms with Crippen LogP contribution in [0.15, 0.2) is 24.4 Å². The Morgan fingerprint density at radius 2 is 2.23 bits per heavy atom. The summed E-state index contributed by atoms with van der Waals surface area (Å²) in [6.07, 6.45) is 2.54. The standard InChI is InChI=1S/C15H17N3O2S2/c1-4-10-8-11(14(19)20-3)13(22-10)18-15(21)17-12-9(2)6-5-7-16-12/h5-8H,4H2,1-3H3,(H2,16,17,18,21). The van der Waals surface area contributed by atoms with Gasteiger partial charge in [0.05, 0.1) is 12.7 Å². The van der Waals surface area contributed by atoms with E-state index in [4.69, 9.17) is 17.0 Å². The molecule has 7 heteroatoms. The van der Waals surface area contributed by atoms with E-state index in [9.17, 15) is 4.79 Å². The van der Waals surface area contributed by atoms with E-state index in [0.29, 0.717) is 21.5 Å². The topological polar surface area (TPSA) is 63.2 Å². The van der Waals surface area contributed by atoms with Crippen LogP contribution in [0.5, 0.6) is 0 Å². The first-order chi connectivity index (χ1) is 10.5. The minimum atomic E-state index is -0.379. The van der Waals surface area contributed by atoms with Crippen LogP contribution >= 0.6 is 23.6 Å². The lowest BCUT2D eigenvalue weighted by molar-refractivity contribution is 0.0602. The first-order valence-corrected chi connectivity index (χ1v) is 7.98. The number of thiocarbonyl (C=S) groups is 1. The van der Waals surface area contributed by atoms with Crippen LogP contribution in [0.25, 0.3) is 0 Å². The van der Waals surface area contributed by atoms with Crippen molar-refractivity contribution in [3.63, 3.8) is 0 Å². The second-order valence-corrected chi connectivity index (χ2v) is 6.09. The van der Waals surface area contributed by atoms with Gasteiger partial charge in [-0.25, -0.2) is 9.78 Å². The van der Waals surface area contributed by atoms with Crippen molar-refractivity contribution < 1.29 is 9.53 Å². The van der Waals surface area contributed by atoms with Crippen LogP contribution in [-0.2, 0) is 11.2 Å². The number of aryl methyl sites for hydroxylation is 2. The number of carbonyl (C=O) groups excluding carboxylic acids is 1. The smallest absolute Gasteiger partial charge is 0.340 e. The van der Waals surface area contributed by atoms with Crippen LogP contribution in [0.3, 0.4) is 0 Å². The Bertz CT molecular complexity index is 698. The summed E-state index contributed by atoms with van der Waals surface area (Å²) in [7, 11) is 1.36. The summed E-state index contributed by atoms with van der Waals surface area (Å²) in [5, 5.41) is 7.15. The molecule has 2 aromatic heterocycles. The van der Waals surface area contributed by atoms with Gasteiger partial charge in [-0.1, -0.05) is 13.0 Å². The highest BCUT2D eigenvalue weighted by Crippen LogP contribution is 2.29. The van der Waals surface area contributed by atoms with Gasteiger partial charge >= 0.3 is 5.97 Å². The van der Waals surface area contributed by atoms with Gasteiger partial charge in [0.2, 0.25) is 0 Å². The Hall–Kier alpha value is -1.99. The average molecular weight is 335 g/mol. The van der Waals surface area contributed by atoms with Crippen LogP contribution in [0, 0.1) is 6.92 Å². The number of methoxy groups -OCH3 is 1. The second-order valence-electron chi connectivity index (χ2n) is 4.55. The zero-order valence-electron chi connectivity index (χ0n) is 12.6. The highest BCUT2D eigenvalue weighted by atomic mass is 32.1. The minimum absolute atomic E-state index is 0.379. The molecule has 0 amide bonds. The van der Waals surface area contributed by atoms with Crippen molar-refractivity contribution in [2.45, 2.75) is 20.3 Å². The van der Waals surface area contributed by atoms with Gasteiger partial charge < -0.3 is 15.4 Å². The summed E-state index contributed by atoms with van der Waals surface area (Å²) in [5.74, 6) is 0.308. The van der Waals surface area contributed by atoms with Crippen molar-refractivity contribution >= 4 is 45.5 Å². The predicted molar refractivity (Wildman–Crippen MR) is 93.9 cm³/mol. The fourth-order valence-corrected chi connectivity index (χ4v) is 3.08. The van der Waals surface area contributed by atoms with Crippen molar-refractivity contribution in [2.75, 3.05) is 17.7 Å². The normalized spacial score (nSPS) is 10.1. The van der Waals surface area contributed by atoms with Crippen molar-refractivity contribution in [1.29, 1.82) is 0 Å². The molecule has 0 fully saturated rings. The fraction of sp³-hybridized carbons (Fsp3) is 0.267. The third-order valence-electron chi connectivity index (χ3n) is 3.01. The molecule has 116 valence electrons. The van der Waals surface area contributed by atoms with Crippen LogP contribution in [0.1, 0.15) is 27.7 Å². The molecule has 5 nitrogen and oxygen atoms in total. The molecule has 0 atom stereocenters. The molecule has 2 aromatic rings. The average Bonchev–Trinajstić information content (AvgIpc) is 2.91. The van der Waals surface area contributed by atoms with Crippen LogP contribution in [-0.4, -0.2) is 23.2 Å². The predicted octanol–water partition coefficient (Wildman–Crippen LogP) is 3.61. The van der Waals surface area contributed by atoms with Gasteiger partial charge in [-0.2, -0.15) is 0 Å². The summed E-state index contributed by atoms with van der Waals surface area (Å²) < 4.78 is 4.81. The third kappa shape index (κ3) is 3.80. The number of anilines is 2. The number of thiophene rings is 1. The molecule has 0 spiro atoms. The van der Waals surface area contributed by atoms with Crippen molar-refractivity contribution in [3.8, 4) is 0 Å². The molecular formula is C15H17N3O2S2. The maximum Gasteiger partial charge on any atom is 0.340 e. The molecular weight excluding hydrogens is 318 g/mol. The monoisotopic (exact) mass is 335 g/mol. The molecule has 2 heterocycles. The number of hydrogen-bond donors (Lipinski definition) is 2. The largest absolute Gasteiger partial charge is 0.465 e. The molecule has 0 saturated heterocycles. The maximum atomic E-state index is 11.8. The third-order valence-corrected chi connectivity index (χ3v) is 4.40. The number of carbonyl (C=O) groups is 1. The number of aromatic nitrogens is 1. The molecule has 0 aliphatic heterocycles. The maximum absolute atomic E-state index is 11.8. The lowest BCUT2D eigenvalue weighted by Gasteiger charge is -2.11. The first-order valence-electron chi connectivity index (χ1n) is 6.75. The lowest BCUT2D eigenvalue weighted by Crippen LogP contribution is -2.21. The highest BCUT2D eigenvalue weighted by Gasteiger charge is 2.17. The van der Waals surface area contributed by atoms with E-state index < -0.39 is 0 Å². The number of nitrogens with one attached hydrogen (secondary N) is 2. The Morgan fingerprint density at radius 1 is 1.45 bits per heavy atom. The van der Waals surface area contributed by atoms with E-state index in [2.05, 4.69) is 15.6 Å². The Kier molecular flexibility index (Phi) is 5.46. The molecule has 22 heavy (non-hydrogen) atoms. The molecule has 0 aliphatic carbocycles. The molecule has 0 saturated carbocycles. The van der Waals surface area contributed by atoms with E-state index in [0.717, 1.165) is 16.9 Å². The van der Waals surface area contributed by atoms with Gasteiger partial charge in [0.1, 0.15) is 10.8 Å². The molecule has 2 N–H and O–H groups in total. The molecule has 0 aliphatic rings. The number of pyridine rings is 1. The fourth-order valence-electron chi connectivity index (χ4n) is 1.83. The van der Waals surface area contributed by atoms with Gasteiger partial charge in [0.25, 0.3) is 0 Å². The molecule has 0 radical (unpaired) electrons. The first kappa shape index (κ1) is 16.4. The number of rotatable bonds is 4. The molecule has 0 bridgehead atoms. The van der Waals surface area contributed by atoms with E-state index >= 15 is 0 Å². The summed E-state index contributed by atoms with van der Waals surface area (Å²) in [6.45, 7) is 3.97. The number of ether oxygens (including phenoxy) is 1. The van der Waals surface area contributed by atoms with Crippen molar-refractivity contribution in [1.82, 2.24) is 4.98 Å². The highest BCUT2D eigenvalue weighted by molar-refractivity contribution is 7.80. The van der Waals surface area contributed by atoms with E-state index in [-0.39, 0.29) is 5.97 Å². The summed E-state index contributed by atoms with van der Waals surface area (Å²) in [4.78, 5) is 17.1. The SMILES string of the molecule is CCc1cc(C(=O)OC)c(NC(=S)Nc2ncccc2C)s1. The Labute approximate surface area is 138 Å². The lowest BCUT2D eigenvalue weighted by atomic mass is 10.2. The van der Waals surface area contributed by atoms with Gasteiger partial charge in [-0.3, -0.25) is 0 Å². The number of esters is 1. The number of nitrogens with zero attached hydrogens (tertiary/aromatic N) is 1. The quantitative estimate of drug-likeness (QED) is 0.657. The second kappa shape index (κ2) is 7.33. The van der Waals surface area contributed by atoms with Crippen LogP contribution in [0.2, 0.25) is 0 Å². The van der Waals surface area contributed by atoms with Crippen LogP contribution < -0.4 is 10.6 Å². The molecule has 0 unspecified atom stereocenters. The van der Waals surface area contributed by atoms with E-state index in [1.807, 2.05) is 32.0 Å². The van der Waals surface area contributed by atoms with E-state index in [1.54, 1.807) is 6.20 Å². The minimum Gasteiger partial charge on any atom is -0.465 e. The summed E-state index contributed by atoms with van der Waals surface area (Å²) >= 11 is 6.78. The summed E-state index contributed by atoms with van der Waals surface area (Å²) in [5.41, 5.74) is 1.48. The molecule has 2 rings (SSSR count). The van der Waals surface area contributed by atoms with Crippen molar-refractivity contribution in [2.24, 2.45) is 0 Å². The summed E-state index contributed by atoms with van der Waals surface area (Å²) in [6, 6.07) is 5.63. The van der Waals surface area contributed by atoms with Gasteiger partial charge in [-0.05, 0) is 43.3 Å². The zero-order chi connectivity index (χ0) is 16.1. The number of hydrogen-bond acceptors (Lipinski definition) is 5. The van der Waals surface area contributed by atoms with Gasteiger partial charge in [0.15, 0.2) is 5.11 Å². The Balaban J connectivity index is 2.16. The zero-order valence-corrected chi connectivity index (χ0v) is 14.2. The van der Waals surface area contributed by atoms with Crippen LogP contribution in [0.4, 0.5) is 10.8 Å². The Morgan fingerprint density at radius 3 is 2.86 bits per heavy atom. The van der Waals surface area contributed by atoms with Crippen molar-refractivity contribution in [3.05, 3.63) is 40.4 Å². The van der Waals surface area contributed by atoms with Gasteiger partial charge in [0, 0.05) is 11.1 Å². The van der Waals surface area contributed by atoms with E-state index in [1.165, 1.54) is 18.4 Å². The molecule has 0 aromatic carbocycles.